The van der Waals surface area contributed by atoms with Crippen LogP contribution in [0, 0.1) is 0 Å². The maximum Gasteiger partial charge on any atom is 0.213 e. The zero-order valence-electron chi connectivity index (χ0n) is 17.7. The Morgan fingerprint density at radius 2 is 1.77 bits per heavy atom. The van der Waals surface area contributed by atoms with Crippen LogP contribution in [-0.2, 0) is 10.0 Å². The number of ether oxygens (including phenoxy) is 1. The predicted octanol–water partition coefficient (Wildman–Crippen LogP) is 4.73. The summed E-state index contributed by atoms with van der Waals surface area (Å²) in [7, 11) is -1.50. The fourth-order valence-corrected chi connectivity index (χ4v) is 5.28. The molecule has 31 heavy (non-hydrogen) atoms. The van der Waals surface area contributed by atoms with Gasteiger partial charge < -0.3 is 4.74 Å². The van der Waals surface area contributed by atoms with E-state index >= 15 is 0 Å². The summed E-state index contributed by atoms with van der Waals surface area (Å²) in [6, 6.07) is 17.6. The van der Waals surface area contributed by atoms with Gasteiger partial charge in [-0.05, 0) is 50.1 Å². The molecule has 8 heteroatoms. The molecule has 6 nitrogen and oxygen atoms in total. The van der Waals surface area contributed by atoms with E-state index in [1.54, 1.807) is 18.3 Å². The summed E-state index contributed by atoms with van der Waals surface area (Å²) in [5.41, 5.74) is 3.76. The van der Waals surface area contributed by atoms with Gasteiger partial charge in [-0.1, -0.05) is 35.9 Å². The lowest BCUT2D eigenvalue weighted by molar-refractivity contribution is 0.316. The molecule has 2 heterocycles. The highest BCUT2D eigenvalue weighted by Gasteiger charge is 2.29. The van der Waals surface area contributed by atoms with Crippen LogP contribution >= 0.6 is 11.6 Å². The highest BCUT2D eigenvalue weighted by molar-refractivity contribution is 7.89. The fourth-order valence-electron chi connectivity index (χ4n) is 4.03. The third-order valence-corrected chi connectivity index (χ3v) is 7.95. The summed E-state index contributed by atoms with van der Waals surface area (Å²) in [6.07, 6.45) is 1.50. The van der Waals surface area contributed by atoms with E-state index in [1.165, 1.54) is 0 Å². The second-order valence-corrected chi connectivity index (χ2v) is 10.3. The van der Waals surface area contributed by atoms with Gasteiger partial charge in [0.05, 0.1) is 24.3 Å². The van der Waals surface area contributed by atoms with Crippen LogP contribution in [0.3, 0.4) is 0 Å². The molecule has 0 radical (unpaired) electrons. The summed E-state index contributed by atoms with van der Waals surface area (Å²) in [5.74, 6) is 1.07. The minimum atomic E-state index is -3.15. The molecule has 1 fully saturated rings. The number of halogens is 1. The minimum Gasteiger partial charge on any atom is -0.494 e. The molecule has 0 atom stereocenters. The van der Waals surface area contributed by atoms with Crippen LogP contribution in [0.5, 0.6) is 5.75 Å². The number of hydrogen-bond acceptors (Lipinski definition) is 4. The van der Waals surface area contributed by atoms with E-state index < -0.39 is 10.0 Å². The first kappa shape index (κ1) is 21.9. The second-order valence-electron chi connectivity index (χ2n) is 7.62. The molecule has 0 amide bonds. The van der Waals surface area contributed by atoms with E-state index in [-0.39, 0.29) is 11.7 Å². The van der Waals surface area contributed by atoms with Crippen LogP contribution in [0.2, 0.25) is 5.02 Å². The molecule has 4 rings (SSSR count). The molecular weight excluding hydrogens is 434 g/mol. The number of benzene rings is 2. The van der Waals surface area contributed by atoms with Gasteiger partial charge in [0.15, 0.2) is 0 Å². The number of piperidine rings is 1. The van der Waals surface area contributed by atoms with Gasteiger partial charge in [-0.15, -0.1) is 0 Å². The molecule has 2 aromatic carbocycles. The SMILES string of the molecule is CCS(=O)(=O)N1CCC(c2cc(-c3ccc(Cl)cc3)n(-c3ccccc3OC)n2)CC1. The average Bonchev–Trinajstić information content (AvgIpc) is 3.25. The average molecular weight is 460 g/mol. The van der Waals surface area contributed by atoms with E-state index in [0.717, 1.165) is 41.2 Å². The predicted molar refractivity (Wildman–Crippen MR) is 124 cm³/mol. The third kappa shape index (κ3) is 4.49. The molecule has 0 saturated carbocycles. The summed E-state index contributed by atoms with van der Waals surface area (Å²) in [6.45, 7) is 2.74. The Bertz CT molecular complexity index is 1150. The quantitative estimate of drug-likeness (QED) is 0.534. The van der Waals surface area contributed by atoms with Crippen molar-refractivity contribution < 1.29 is 13.2 Å². The third-order valence-electron chi connectivity index (χ3n) is 5.81. The number of hydrogen-bond donors (Lipinski definition) is 0. The number of para-hydroxylation sites is 2. The van der Waals surface area contributed by atoms with Gasteiger partial charge in [-0.2, -0.15) is 5.10 Å². The zero-order chi connectivity index (χ0) is 22.0. The largest absolute Gasteiger partial charge is 0.494 e. The van der Waals surface area contributed by atoms with E-state index in [0.29, 0.717) is 18.1 Å². The van der Waals surface area contributed by atoms with E-state index in [4.69, 9.17) is 21.4 Å². The highest BCUT2D eigenvalue weighted by Crippen LogP contribution is 2.35. The maximum atomic E-state index is 12.2. The van der Waals surface area contributed by atoms with Gasteiger partial charge in [0.1, 0.15) is 11.4 Å². The molecule has 0 spiro atoms. The van der Waals surface area contributed by atoms with Crippen LogP contribution in [-0.4, -0.2) is 48.5 Å². The van der Waals surface area contributed by atoms with Crippen molar-refractivity contribution in [1.82, 2.24) is 14.1 Å². The summed E-state index contributed by atoms with van der Waals surface area (Å²) >= 11 is 6.10. The Hall–Kier alpha value is -2.35. The first-order valence-corrected chi connectivity index (χ1v) is 12.4. The van der Waals surface area contributed by atoms with Gasteiger partial charge in [-0.3, -0.25) is 0 Å². The van der Waals surface area contributed by atoms with Gasteiger partial charge in [0.25, 0.3) is 0 Å². The van der Waals surface area contributed by atoms with Crippen molar-refractivity contribution in [2.75, 3.05) is 26.0 Å². The molecule has 3 aromatic rings. The lowest BCUT2D eigenvalue weighted by Gasteiger charge is -2.30. The molecule has 0 N–H and O–H groups in total. The minimum absolute atomic E-state index is 0.140. The van der Waals surface area contributed by atoms with Gasteiger partial charge in [-0.25, -0.2) is 17.4 Å². The van der Waals surface area contributed by atoms with Crippen LogP contribution in [0.1, 0.15) is 31.4 Å². The first-order chi connectivity index (χ1) is 14.9. The summed E-state index contributed by atoms with van der Waals surface area (Å²) < 4.78 is 33.5. The van der Waals surface area contributed by atoms with Crippen molar-refractivity contribution in [2.24, 2.45) is 0 Å². The van der Waals surface area contributed by atoms with E-state index in [2.05, 4.69) is 6.07 Å². The van der Waals surface area contributed by atoms with Crippen molar-refractivity contribution in [3.05, 3.63) is 65.3 Å². The maximum absolute atomic E-state index is 12.2. The normalized spacial score (nSPS) is 15.8. The van der Waals surface area contributed by atoms with Crippen molar-refractivity contribution >= 4 is 21.6 Å². The van der Waals surface area contributed by atoms with E-state index in [9.17, 15) is 8.42 Å². The Morgan fingerprint density at radius 3 is 2.42 bits per heavy atom. The number of methoxy groups -OCH3 is 1. The fraction of sp³-hybridized carbons (Fsp3) is 0.348. The van der Waals surface area contributed by atoms with Crippen LogP contribution < -0.4 is 4.74 Å². The van der Waals surface area contributed by atoms with Crippen LogP contribution in [0.15, 0.2) is 54.6 Å². The van der Waals surface area contributed by atoms with Gasteiger partial charge in [0, 0.05) is 29.6 Å². The Balaban J connectivity index is 1.71. The van der Waals surface area contributed by atoms with Crippen molar-refractivity contribution in [3.63, 3.8) is 0 Å². The molecule has 164 valence electrons. The molecule has 1 saturated heterocycles. The standard InChI is InChI=1S/C23H26ClN3O3S/c1-3-31(28,29)26-14-12-17(13-15-26)20-16-22(18-8-10-19(24)11-9-18)27(25-20)21-6-4-5-7-23(21)30-2/h4-11,16-17H,3,12-15H2,1-2H3. The summed E-state index contributed by atoms with van der Waals surface area (Å²) in [4.78, 5) is 0. The van der Waals surface area contributed by atoms with E-state index in [1.807, 2.05) is 53.2 Å². The molecule has 0 aliphatic carbocycles. The zero-order valence-corrected chi connectivity index (χ0v) is 19.2. The highest BCUT2D eigenvalue weighted by atomic mass is 35.5. The smallest absolute Gasteiger partial charge is 0.213 e. The molecule has 0 bridgehead atoms. The second kappa shape index (κ2) is 9.02. The van der Waals surface area contributed by atoms with Gasteiger partial charge in [0.2, 0.25) is 10.0 Å². The Kier molecular flexibility index (Phi) is 6.36. The van der Waals surface area contributed by atoms with Crippen molar-refractivity contribution in [2.45, 2.75) is 25.7 Å². The monoisotopic (exact) mass is 459 g/mol. The van der Waals surface area contributed by atoms with Crippen molar-refractivity contribution in [1.29, 1.82) is 0 Å². The number of nitrogens with zero attached hydrogens (tertiary/aromatic N) is 3. The van der Waals surface area contributed by atoms with Gasteiger partial charge >= 0.3 is 0 Å². The topological polar surface area (TPSA) is 64.4 Å². The van der Waals surface area contributed by atoms with Crippen LogP contribution in [0.25, 0.3) is 16.9 Å². The molecule has 1 aliphatic rings. The van der Waals surface area contributed by atoms with Crippen LogP contribution in [0.4, 0.5) is 0 Å². The Morgan fingerprint density at radius 1 is 1.10 bits per heavy atom. The lowest BCUT2D eigenvalue weighted by Crippen LogP contribution is -2.38. The number of rotatable bonds is 6. The first-order valence-electron chi connectivity index (χ1n) is 10.4. The molecular formula is C23H26ClN3O3S. The van der Waals surface area contributed by atoms with Crippen molar-refractivity contribution in [3.8, 4) is 22.7 Å². The molecule has 0 unspecified atom stereocenters. The Labute approximate surface area is 188 Å². The summed E-state index contributed by atoms with van der Waals surface area (Å²) in [5, 5.41) is 5.63. The number of aromatic nitrogens is 2. The molecule has 1 aromatic heterocycles. The number of sulfonamides is 1. The lowest BCUT2D eigenvalue weighted by atomic mass is 9.94. The molecule has 1 aliphatic heterocycles.